The molecule has 0 saturated heterocycles. The summed E-state index contributed by atoms with van der Waals surface area (Å²) in [6, 6.07) is 11.3. The van der Waals surface area contributed by atoms with Gasteiger partial charge in [-0.3, -0.25) is 4.79 Å². The van der Waals surface area contributed by atoms with Gasteiger partial charge in [0.05, 0.1) is 6.42 Å². The maximum Gasteiger partial charge on any atom is 0.304 e. The van der Waals surface area contributed by atoms with Crippen LogP contribution in [0.4, 0.5) is 0 Å². The third kappa shape index (κ3) is 3.27. The van der Waals surface area contributed by atoms with Gasteiger partial charge in [-0.2, -0.15) is 0 Å². The van der Waals surface area contributed by atoms with Gasteiger partial charge in [-0.05, 0) is 48.4 Å². The molecule has 4 nitrogen and oxygen atoms in total. The standard InChI is InChI=1S/C16H19NO3/c1-16(2,17-8-7-15(19)20)13-5-3-12-10-14(18)6-4-11(12)9-13/h3-6,9-10,17-18H,7-8H2,1-2H3,(H,19,20). The summed E-state index contributed by atoms with van der Waals surface area (Å²) < 4.78 is 0. The highest BCUT2D eigenvalue weighted by Gasteiger charge is 2.20. The van der Waals surface area contributed by atoms with Crippen LogP contribution in [0.2, 0.25) is 0 Å². The quantitative estimate of drug-likeness (QED) is 0.783. The fourth-order valence-electron chi connectivity index (χ4n) is 2.21. The van der Waals surface area contributed by atoms with Crippen LogP contribution in [0.1, 0.15) is 25.8 Å². The molecule has 2 aromatic carbocycles. The van der Waals surface area contributed by atoms with Crippen LogP contribution in [-0.4, -0.2) is 22.7 Å². The maximum absolute atomic E-state index is 10.6. The molecule has 106 valence electrons. The van der Waals surface area contributed by atoms with Gasteiger partial charge >= 0.3 is 5.97 Å². The zero-order chi connectivity index (χ0) is 14.8. The van der Waals surface area contributed by atoms with Crippen LogP contribution in [0.25, 0.3) is 10.8 Å². The zero-order valence-corrected chi connectivity index (χ0v) is 11.7. The molecule has 0 radical (unpaired) electrons. The SMILES string of the molecule is CC(C)(NCCC(=O)O)c1ccc2cc(O)ccc2c1. The molecule has 20 heavy (non-hydrogen) atoms. The second kappa shape index (κ2) is 5.51. The van der Waals surface area contributed by atoms with E-state index in [0.717, 1.165) is 16.3 Å². The molecular formula is C16H19NO3. The molecule has 4 heteroatoms. The molecule has 0 heterocycles. The fraction of sp³-hybridized carbons (Fsp3) is 0.312. The predicted molar refractivity (Wildman–Crippen MR) is 78.9 cm³/mol. The third-order valence-corrected chi connectivity index (χ3v) is 3.45. The van der Waals surface area contributed by atoms with Crippen LogP contribution < -0.4 is 5.32 Å². The van der Waals surface area contributed by atoms with Crippen molar-refractivity contribution in [2.45, 2.75) is 25.8 Å². The van der Waals surface area contributed by atoms with Gasteiger partial charge in [0.1, 0.15) is 5.75 Å². The number of fused-ring (bicyclic) bond motifs is 1. The van der Waals surface area contributed by atoms with E-state index in [1.165, 1.54) is 0 Å². The highest BCUT2D eigenvalue weighted by molar-refractivity contribution is 5.84. The lowest BCUT2D eigenvalue weighted by Gasteiger charge is -2.27. The van der Waals surface area contributed by atoms with Crippen molar-refractivity contribution in [2.75, 3.05) is 6.54 Å². The Bertz CT molecular complexity index is 635. The first-order valence-electron chi connectivity index (χ1n) is 6.58. The Labute approximate surface area is 118 Å². The maximum atomic E-state index is 10.6. The van der Waals surface area contributed by atoms with Gasteiger partial charge in [0.25, 0.3) is 0 Å². The Hall–Kier alpha value is -2.07. The van der Waals surface area contributed by atoms with Gasteiger partial charge in [0.15, 0.2) is 0 Å². The van der Waals surface area contributed by atoms with Crippen molar-refractivity contribution in [3.05, 3.63) is 42.0 Å². The number of nitrogens with one attached hydrogen (secondary N) is 1. The molecule has 0 aromatic heterocycles. The van der Waals surface area contributed by atoms with E-state index in [-0.39, 0.29) is 17.7 Å². The summed E-state index contributed by atoms with van der Waals surface area (Å²) in [5, 5.41) is 23.4. The normalized spacial score (nSPS) is 11.7. The number of aromatic hydroxyl groups is 1. The van der Waals surface area contributed by atoms with Crippen LogP contribution >= 0.6 is 0 Å². The average Bonchev–Trinajstić information content (AvgIpc) is 2.37. The van der Waals surface area contributed by atoms with E-state index >= 15 is 0 Å². The summed E-state index contributed by atoms with van der Waals surface area (Å²) in [5.41, 5.74) is 0.780. The van der Waals surface area contributed by atoms with Crippen LogP contribution in [0.15, 0.2) is 36.4 Å². The Morgan fingerprint density at radius 1 is 1.15 bits per heavy atom. The number of carbonyl (C=O) groups is 1. The second-order valence-corrected chi connectivity index (χ2v) is 5.44. The Morgan fingerprint density at radius 3 is 2.50 bits per heavy atom. The predicted octanol–water partition coefficient (Wildman–Crippen LogP) is 2.84. The number of phenols is 1. The molecule has 0 bridgehead atoms. The van der Waals surface area contributed by atoms with Crippen LogP contribution in [-0.2, 0) is 10.3 Å². The van der Waals surface area contributed by atoms with Gasteiger partial charge in [-0.15, -0.1) is 0 Å². The number of carboxylic acid groups (broad SMARTS) is 1. The second-order valence-electron chi connectivity index (χ2n) is 5.44. The molecule has 2 rings (SSSR count). The summed E-state index contributed by atoms with van der Waals surface area (Å²) in [6.07, 6.45) is 0.102. The lowest BCUT2D eigenvalue weighted by molar-refractivity contribution is -0.136. The minimum Gasteiger partial charge on any atom is -0.508 e. The average molecular weight is 273 g/mol. The van der Waals surface area contributed by atoms with Crippen LogP contribution in [0.5, 0.6) is 5.75 Å². The van der Waals surface area contributed by atoms with Gasteiger partial charge in [-0.1, -0.05) is 18.2 Å². The van der Waals surface area contributed by atoms with E-state index in [1.807, 2.05) is 32.0 Å². The summed E-state index contributed by atoms with van der Waals surface area (Å²) in [7, 11) is 0. The number of rotatable bonds is 5. The zero-order valence-electron chi connectivity index (χ0n) is 11.7. The van der Waals surface area contributed by atoms with E-state index in [0.29, 0.717) is 6.54 Å². The number of aliphatic carboxylic acids is 1. The first-order valence-corrected chi connectivity index (χ1v) is 6.58. The number of carboxylic acids is 1. The number of hydrogen-bond acceptors (Lipinski definition) is 3. The number of hydrogen-bond donors (Lipinski definition) is 3. The molecule has 3 N–H and O–H groups in total. The van der Waals surface area contributed by atoms with Crippen molar-refractivity contribution < 1.29 is 15.0 Å². The van der Waals surface area contributed by atoms with Crippen molar-refractivity contribution >= 4 is 16.7 Å². The van der Waals surface area contributed by atoms with Crippen molar-refractivity contribution in [1.82, 2.24) is 5.32 Å². The minimum absolute atomic E-state index is 0.102. The van der Waals surface area contributed by atoms with E-state index < -0.39 is 5.97 Å². The number of benzene rings is 2. The molecule has 0 aliphatic heterocycles. The van der Waals surface area contributed by atoms with E-state index in [2.05, 4.69) is 11.4 Å². The monoisotopic (exact) mass is 273 g/mol. The number of phenolic OH excluding ortho intramolecular Hbond substituents is 1. The molecule has 0 saturated carbocycles. The van der Waals surface area contributed by atoms with Crippen molar-refractivity contribution in [3.63, 3.8) is 0 Å². The summed E-state index contributed by atoms with van der Waals surface area (Å²) in [5.74, 6) is -0.550. The molecular weight excluding hydrogens is 254 g/mol. The minimum atomic E-state index is -0.803. The van der Waals surface area contributed by atoms with Gasteiger partial charge in [0, 0.05) is 12.1 Å². The van der Waals surface area contributed by atoms with Crippen molar-refractivity contribution in [2.24, 2.45) is 0 Å². The molecule has 0 spiro atoms. The molecule has 0 atom stereocenters. The van der Waals surface area contributed by atoms with Gasteiger partial charge in [-0.25, -0.2) is 0 Å². The molecule has 0 aliphatic rings. The highest BCUT2D eigenvalue weighted by Crippen LogP contribution is 2.26. The Balaban J connectivity index is 2.22. The van der Waals surface area contributed by atoms with E-state index in [4.69, 9.17) is 5.11 Å². The summed E-state index contributed by atoms with van der Waals surface area (Å²) in [6.45, 7) is 4.48. The van der Waals surface area contributed by atoms with E-state index in [9.17, 15) is 9.90 Å². The smallest absolute Gasteiger partial charge is 0.304 e. The van der Waals surface area contributed by atoms with Crippen molar-refractivity contribution in [1.29, 1.82) is 0 Å². The van der Waals surface area contributed by atoms with Gasteiger partial charge < -0.3 is 15.5 Å². The first kappa shape index (κ1) is 14.3. The first-order chi connectivity index (χ1) is 9.38. The third-order valence-electron chi connectivity index (χ3n) is 3.45. The highest BCUT2D eigenvalue weighted by atomic mass is 16.4. The van der Waals surface area contributed by atoms with E-state index in [1.54, 1.807) is 12.1 Å². The Kier molecular flexibility index (Phi) is 3.95. The molecule has 0 amide bonds. The van der Waals surface area contributed by atoms with Crippen LogP contribution in [0, 0.1) is 0 Å². The Morgan fingerprint density at radius 2 is 1.80 bits per heavy atom. The van der Waals surface area contributed by atoms with Crippen LogP contribution in [0.3, 0.4) is 0 Å². The topological polar surface area (TPSA) is 69.6 Å². The lowest BCUT2D eigenvalue weighted by atomic mass is 9.92. The molecule has 0 aliphatic carbocycles. The molecule has 2 aromatic rings. The van der Waals surface area contributed by atoms with Crippen molar-refractivity contribution in [3.8, 4) is 5.75 Å². The summed E-state index contributed by atoms with van der Waals surface area (Å²) >= 11 is 0. The summed E-state index contributed by atoms with van der Waals surface area (Å²) in [4.78, 5) is 10.6. The molecule has 0 unspecified atom stereocenters. The van der Waals surface area contributed by atoms with Gasteiger partial charge in [0.2, 0.25) is 0 Å². The fourth-order valence-corrected chi connectivity index (χ4v) is 2.21. The largest absolute Gasteiger partial charge is 0.508 e. The molecule has 0 fully saturated rings. The lowest BCUT2D eigenvalue weighted by Crippen LogP contribution is -2.37.